The minimum atomic E-state index is -0.390. The average Bonchev–Trinajstić information content (AvgIpc) is 3.17. The average molecular weight is 319 g/mol. The van der Waals surface area contributed by atoms with Crippen molar-refractivity contribution in [3.05, 3.63) is 28.6 Å². The van der Waals surface area contributed by atoms with Gasteiger partial charge in [0.25, 0.3) is 5.91 Å². The van der Waals surface area contributed by atoms with Crippen LogP contribution in [0.25, 0.3) is 0 Å². The minimum Gasteiger partial charge on any atom is -0.351 e. The van der Waals surface area contributed by atoms with E-state index < -0.39 is 0 Å². The zero-order chi connectivity index (χ0) is 15.5. The highest BCUT2D eigenvalue weighted by Gasteiger charge is 2.22. The van der Waals surface area contributed by atoms with Crippen LogP contribution in [0.5, 0.6) is 0 Å². The van der Waals surface area contributed by atoms with E-state index in [4.69, 9.17) is 4.52 Å². The molecule has 0 bridgehead atoms. The molecule has 116 valence electrons. The number of hydrogen-bond donors (Lipinski definition) is 1. The lowest BCUT2D eigenvalue weighted by atomic mass is 9.87. The summed E-state index contributed by atoms with van der Waals surface area (Å²) in [5, 5.41) is 8.66. The molecular weight excluding hydrogens is 302 g/mol. The van der Waals surface area contributed by atoms with E-state index in [0.717, 1.165) is 18.5 Å². The fourth-order valence-corrected chi connectivity index (χ4v) is 3.38. The number of thiazole rings is 1. The number of ketones is 1. The number of aromatic nitrogens is 2. The second kappa shape index (κ2) is 6.39. The van der Waals surface area contributed by atoms with Crippen LogP contribution in [0.4, 0.5) is 5.13 Å². The van der Waals surface area contributed by atoms with Gasteiger partial charge in [0, 0.05) is 24.3 Å². The quantitative estimate of drug-likeness (QED) is 0.870. The molecule has 1 aliphatic rings. The lowest BCUT2D eigenvalue weighted by Gasteiger charge is -2.18. The molecule has 6 nitrogen and oxygen atoms in total. The van der Waals surface area contributed by atoms with Crippen molar-refractivity contribution in [2.24, 2.45) is 0 Å². The van der Waals surface area contributed by atoms with E-state index in [1.54, 1.807) is 11.4 Å². The Morgan fingerprint density at radius 2 is 2.09 bits per heavy atom. The van der Waals surface area contributed by atoms with Gasteiger partial charge < -0.3 is 4.52 Å². The molecule has 1 fully saturated rings. The molecule has 0 saturated heterocycles. The maximum Gasteiger partial charge on any atom is 0.296 e. The smallest absolute Gasteiger partial charge is 0.296 e. The van der Waals surface area contributed by atoms with E-state index in [2.05, 4.69) is 15.5 Å². The summed E-state index contributed by atoms with van der Waals surface area (Å²) in [5.74, 6) is 0.0541. The van der Waals surface area contributed by atoms with Crippen molar-refractivity contribution in [1.29, 1.82) is 0 Å². The number of amides is 1. The Labute approximate surface area is 131 Å². The second-order valence-corrected chi connectivity index (χ2v) is 6.36. The lowest BCUT2D eigenvalue weighted by Crippen LogP contribution is -2.11. The minimum absolute atomic E-state index is 0.129. The molecule has 1 N–H and O–H groups in total. The molecular formula is C15H17N3O3S. The molecule has 0 aliphatic heterocycles. The molecule has 7 heteroatoms. The van der Waals surface area contributed by atoms with Gasteiger partial charge in [-0.15, -0.1) is 11.3 Å². The SMILES string of the molecule is CC(=O)c1csc(NC(=O)c2cc(C3CCCCC3)no2)n1. The van der Waals surface area contributed by atoms with Crippen LogP contribution in [-0.4, -0.2) is 21.8 Å². The largest absolute Gasteiger partial charge is 0.351 e. The van der Waals surface area contributed by atoms with Gasteiger partial charge in [-0.05, 0) is 12.8 Å². The Balaban J connectivity index is 1.66. The Morgan fingerprint density at radius 3 is 2.77 bits per heavy atom. The van der Waals surface area contributed by atoms with E-state index in [1.807, 2.05) is 0 Å². The summed E-state index contributed by atoms with van der Waals surface area (Å²) in [5.41, 5.74) is 1.20. The van der Waals surface area contributed by atoms with E-state index in [1.165, 1.54) is 37.5 Å². The Morgan fingerprint density at radius 1 is 1.32 bits per heavy atom. The predicted octanol–water partition coefficient (Wildman–Crippen LogP) is 3.63. The monoisotopic (exact) mass is 319 g/mol. The van der Waals surface area contributed by atoms with Crippen LogP contribution in [0.2, 0.25) is 0 Å². The molecule has 0 atom stereocenters. The fourth-order valence-electron chi connectivity index (χ4n) is 2.64. The van der Waals surface area contributed by atoms with E-state index >= 15 is 0 Å². The summed E-state index contributed by atoms with van der Waals surface area (Å²) in [6.07, 6.45) is 5.87. The summed E-state index contributed by atoms with van der Waals surface area (Å²) in [7, 11) is 0. The molecule has 2 aromatic heterocycles. The standard InChI is InChI=1S/C15H17N3O3S/c1-9(19)12-8-22-15(16-12)17-14(20)13-7-11(18-21-13)10-5-3-2-4-6-10/h7-8,10H,2-6H2,1H3,(H,16,17,20). The third-order valence-electron chi connectivity index (χ3n) is 3.86. The van der Waals surface area contributed by atoms with Gasteiger partial charge in [0.2, 0.25) is 5.76 Å². The maximum atomic E-state index is 12.1. The van der Waals surface area contributed by atoms with Crippen LogP contribution in [-0.2, 0) is 0 Å². The van der Waals surface area contributed by atoms with Gasteiger partial charge in [-0.3, -0.25) is 14.9 Å². The van der Waals surface area contributed by atoms with Crippen LogP contribution in [0.15, 0.2) is 16.0 Å². The number of anilines is 1. The predicted molar refractivity (Wildman–Crippen MR) is 82.4 cm³/mol. The summed E-state index contributed by atoms with van der Waals surface area (Å²) >= 11 is 1.21. The molecule has 2 heterocycles. The van der Waals surface area contributed by atoms with Gasteiger partial charge in [-0.1, -0.05) is 24.4 Å². The van der Waals surface area contributed by atoms with Crippen molar-refractivity contribution in [2.45, 2.75) is 44.9 Å². The maximum absolute atomic E-state index is 12.1. The van der Waals surface area contributed by atoms with Gasteiger partial charge in [0.15, 0.2) is 10.9 Å². The molecule has 0 unspecified atom stereocenters. The number of carbonyl (C=O) groups excluding carboxylic acids is 2. The zero-order valence-corrected chi connectivity index (χ0v) is 13.1. The van der Waals surface area contributed by atoms with Crippen LogP contribution in [0.1, 0.15) is 71.7 Å². The van der Waals surface area contributed by atoms with Crippen molar-refractivity contribution in [1.82, 2.24) is 10.1 Å². The number of nitrogens with zero attached hydrogens (tertiary/aromatic N) is 2. The summed E-state index contributed by atoms with van der Waals surface area (Å²) in [6.45, 7) is 1.44. The normalized spacial score (nSPS) is 15.7. The highest BCUT2D eigenvalue weighted by molar-refractivity contribution is 7.14. The number of nitrogens with one attached hydrogen (secondary N) is 1. The second-order valence-electron chi connectivity index (χ2n) is 5.50. The highest BCUT2D eigenvalue weighted by atomic mass is 32.1. The lowest BCUT2D eigenvalue weighted by molar-refractivity contribution is 0.0983. The first-order valence-electron chi connectivity index (χ1n) is 7.38. The fraction of sp³-hybridized carbons (Fsp3) is 0.467. The molecule has 0 spiro atoms. The summed E-state index contributed by atoms with van der Waals surface area (Å²) < 4.78 is 5.15. The first kappa shape index (κ1) is 14.9. The van der Waals surface area contributed by atoms with Gasteiger partial charge >= 0.3 is 0 Å². The van der Waals surface area contributed by atoms with Crippen LogP contribution in [0.3, 0.4) is 0 Å². The van der Waals surface area contributed by atoms with Crippen LogP contribution < -0.4 is 5.32 Å². The van der Waals surface area contributed by atoms with E-state index in [9.17, 15) is 9.59 Å². The number of rotatable bonds is 4. The van der Waals surface area contributed by atoms with Crippen LogP contribution >= 0.6 is 11.3 Å². The molecule has 1 aliphatic carbocycles. The van der Waals surface area contributed by atoms with E-state index in [0.29, 0.717) is 16.7 Å². The third-order valence-corrected chi connectivity index (χ3v) is 4.62. The Hall–Kier alpha value is -2.02. The third kappa shape index (κ3) is 3.24. The van der Waals surface area contributed by atoms with Gasteiger partial charge in [-0.2, -0.15) is 0 Å². The van der Waals surface area contributed by atoms with Crippen molar-refractivity contribution >= 4 is 28.2 Å². The van der Waals surface area contributed by atoms with E-state index in [-0.39, 0.29) is 17.5 Å². The molecule has 1 amide bonds. The zero-order valence-electron chi connectivity index (χ0n) is 12.3. The van der Waals surface area contributed by atoms with Gasteiger partial charge in [0.05, 0.1) is 5.69 Å². The highest BCUT2D eigenvalue weighted by Crippen LogP contribution is 2.32. The first-order chi connectivity index (χ1) is 10.6. The van der Waals surface area contributed by atoms with Gasteiger partial charge in [0.1, 0.15) is 5.69 Å². The van der Waals surface area contributed by atoms with Crippen LogP contribution in [0, 0.1) is 0 Å². The molecule has 1 saturated carbocycles. The number of carbonyl (C=O) groups is 2. The first-order valence-corrected chi connectivity index (χ1v) is 8.26. The molecule has 3 rings (SSSR count). The molecule has 2 aromatic rings. The Kier molecular flexibility index (Phi) is 4.33. The van der Waals surface area contributed by atoms with Crippen molar-refractivity contribution < 1.29 is 14.1 Å². The Bertz CT molecular complexity index is 686. The number of Topliss-reactive ketones (excluding diaryl/α,β-unsaturated/α-hetero) is 1. The summed E-state index contributed by atoms with van der Waals surface area (Å²) in [6, 6.07) is 1.71. The number of hydrogen-bond acceptors (Lipinski definition) is 6. The van der Waals surface area contributed by atoms with Crippen molar-refractivity contribution in [3.8, 4) is 0 Å². The van der Waals surface area contributed by atoms with Gasteiger partial charge in [-0.25, -0.2) is 4.98 Å². The van der Waals surface area contributed by atoms with Crippen molar-refractivity contribution in [2.75, 3.05) is 5.32 Å². The summed E-state index contributed by atoms with van der Waals surface area (Å²) in [4.78, 5) is 27.4. The molecule has 0 radical (unpaired) electrons. The molecule has 22 heavy (non-hydrogen) atoms. The topological polar surface area (TPSA) is 85.1 Å². The molecule has 0 aromatic carbocycles. The van der Waals surface area contributed by atoms with Crippen molar-refractivity contribution in [3.63, 3.8) is 0 Å².